The van der Waals surface area contributed by atoms with E-state index in [-0.39, 0.29) is 18.7 Å². The molecule has 27 heavy (non-hydrogen) atoms. The summed E-state index contributed by atoms with van der Waals surface area (Å²) >= 11 is 5.96. The largest absolute Gasteiger partial charge is 0.493 e. The van der Waals surface area contributed by atoms with Gasteiger partial charge in [-0.2, -0.15) is 0 Å². The van der Waals surface area contributed by atoms with E-state index >= 15 is 0 Å². The first-order valence-electron chi connectivity index (χ1n) is 8.36. The first-order chi connectivity index (χ1) is 13.0. The molecule has 0 fully saturated rings. The third-order valence-corrected chi connectivity index (χ3v) is 3.80. The minimum atomic E-state index is -0.507. The predicted molar refractivity (Wildman–Crippen MR) is 103 cm³/mol. The van der Waals surface area contributed by atoms with Gasteiger partial charge in [-0.05, 0) is 31.2 Å². The van der Waals surface area contributed by atoms with E-state index in [0.717, 1.165) is 0 Å². The lowest BCUT2D eigenvalue weighted by molar-refractivity contribution is -0.124. The summed E-state index contributed by atoms with van der Waals surface area (Å²) < 4.78 is 5.37. The molecule has 0 saturated heterocycles. The van der Waals surface area contributed by atoms with E-state index in [1.165, 1.54) is 0 Å². The van der Waals surface area contributed by atoms with Gasteiger partial charge in [0.15, 0.2) is 0 Å². The fourth-order valence-corrected chi connectivity index (χ4v) is 2.38. The minimum absolute atomic E-state index is 0.0531. The smallest absolute Gasteiger partial charge is 0.273 e. The molecule has 2 aromatic carbocycles. The van der Waals surface area contributed by atoms with E-state index in [1.807, 2.05) is 6.92 Å². The molecule has 0 aromatic heterocycles. The van der Waals surface area contributed by atoms with Crippen molar-refractivity contribution in [3.63, 3.8) is 0 Å². The number of halogens is 1. The highest BCUT2D eigenvalue weighted by Gasteiger charge is 2.13. The first kappa shape index (κ1) is 20.3. The molecular weight excluding hydrogens is 370 g/mol. The van der Waals surface area contributed by atoms with Gasteiger partial charge in [-0.3, -0.25) is 25.2 Å². The van der Waals surface area contributed by atoms with Gasteiger partial charge < -0.3 is 10.1 Å². The zero-order chi connectivity index (χ0) is 19.6. The third kappa shape index (κ3) is 6.31. The fourth-order valence-electron chi connectivity index (χ4n) is 2.19. The number of para-hydroxylation sites is 2. The van der Waals surface area contributed by atoms with Crippen molar-refractivity contribution < 1.29 is 19.1 Å². The van der Waals surface area contributed by atoms with E-state index < -0.39 is 11.8 Å². The molecule has 0 atom stereocenters. The molecule has 2 aromatic rings. The van der Waals surface area contributed by atoms with E-state index in [4.69, 9.17) is 16.3 Å². The summed E-state index contributed by atoms with van der Waals surface area (Å²) in [5, 5.41) is 3.04. The number of nitrogens with one attached hydrogen (secondary N) is 3. The predicted octanol–water partition coefficient (Wildman–Crippen LogP) is 2.92. The van der Waals surface area contributed by atoms with Crippen LogP contribution in [0.1, 0.15) is 30.1 Å². The van der Waals surface area contributed by atoms with Crippen molar-refractivity contribution in [1.82, 2.24) is 10.9 Å². The van der Waals surface area contributed by atoms with E-state index in [0.29, 0.717) is 28.6 Å². The van der Waals surface area contributed by atoms with Crippen LogP contribution in [0.2, 0.25) is 5.02 Å². The number of ether oxygens (including phenoxy) is 1. The number of hydrogen-bond acceptors (Lipinski definition) is 4. The number of carbonyl (C=O) groups is 3. The lowest BCUT2D eigenvalue weighted by Gasteiger charge is -2.11. The van der Waals surface area contributed by atoms with Crippen LogP contribution in [-0.4, -0.2) is 24.3 Å². The number of anilines is 1. The van der Waals surface area contributed by atoms with Gasteiger partial charge in [0.05, 0.1) is 22.9 Å². The Morgan fingerprint density at radius 1 is 0.926 bits per heavy atom. The van der Waals surface area contributed by atoms with Crippen LogP contribution >= 0.6 is 11.6 Å². The van der Waals surface area contributed by atoms with Gasteiger partial charge in [-0.25, -0.2) is 0 Å². The van der Waals surface area contributed by atoms with E-state index in [2.05, 4.69) is 16.2 Å². The second-order valence-corrected chi connectivity index (χ2v) is 5.87. The Hall–Kier alpha value is -3.06. The summed E-state index contributed by atoms with van der Waals surface area (Å²) in [5.41, 5.74) is 5.37. The maximum Gasteiger partial charge on any atom is 0.273 e. The molecule has 0 bridgehead atoms. The zero-order valence-corrected chi connectivity index (χ0v) is 15.5. The van der Waals surface area contributed by atoms with Gasteiger partial charge in [-0.1, -0.05) is 35.9 Å². The zero-order valence-electron chi connectivity index (χ0n) is 14.8. The second kappa shape index (κ2) is 10.2. The average molecular weight is 390 g/mol. The number of hydrazine groups is 1. The van der Waals surface area contributed by atoms with Gasteiger partial charge in [0.1, 0.15) is 5.75 Å². The molecule has 2 rings (SSSR count). The van der Waals surface area contributed by atoms with Crippen LogP contribution in [0.25, 0.3) is 0 Å². The maximum atomic E-state index is 12.2. The number of benzene rings is 2. The van der Waals surface area contributed by atoms with Gasteiger partial charge in [0, 0.05) is 12.8 Å². The van der Waals surface area contributed by atoms with Crippen LogP contribution < -0.4 is 20.9 Å². The fraction of sp³-hybridized carbons (Fsp3) is 0.211. The van der Waals surface area contributed by atoms with Crippen molar-refractivity contribution in [2.75, 3.05) is 11.9 Å². The first-order valence-corrected chi connectivity index (χ1v) is 8.74. The Morgan fingerprint density at radius 2 is 1.59 bits per heavy atom. The Labute approximate surface area is 162 Å². The summed E-state index contributed by atoms with van der Waals surface area (Å²) in [6.45, 7) is 2.22. The van der Waals surface area contributed by atoms with E-state index in [9.17, 15) is 14.4 Å². The summed E-state index contributed by atoms with van der Waals surface area (Å²) in [7, 11) is 0. The summed E-state index contributed by atoms with van der Waals surface area (Å²) in [6, 6.07) is 13.5. The lowest BCUT2D eigenvalue weighted by Crippen LogP contribution is -2.42. The van der Waals surface area contributed by atoms with Gasteiger partial charge >= 0.3 is 0 Å². The quantitative estimate of drug-likeness (QED) is 0.634. The van der Waals surface area contributed by atoms with Crippen molar-refractivity contribution >= 4 is 35.0 Å². The number of carbonyl (C=O) groups excluding carboxylic acids is 3. The van der Waals surface area contributed by atoms with Crippen LogP contribution in [-0.2, 0) is 9.59 Å². The summed E-state index contributed by atoms with van der Waals surface area (Å²) in [5.74, 6) is -0.934. The molecule has 0 heterocycles. The van der Waals surface area contributed by atoms with E-state index in [1.54, 1.807) is 48.5 Å². The number of rotatable bonds is 7. The molecule has 0 aliphatic rings. The van der Waals surface area contributed by atoms with Crippen molar-refractivity contribution in [3.05, 3.63) is 59.1 Å². The molecule has 7 nitrogen and oxygen atoms in total. The maximum absolute atomic E-state index is 12.2. The van der Waals surface area contributed by atoms with Crippen LogP contribution in [0.4, 0.5) is 5.69 Å². The Balaban J connectivity index is 1.78. The van der Waals surface area contributed by atoms with Crippen molar-refractivity contribution in [2.45, 2.75) is 19.8 Å². The Kier molecular flexibility index (Phi) is 7.63. The molecule has 3 N–H and O–H groups in total. The molecule has 0 aliphatic carbocycles. The van der Waals surface area contributed by atoms with Crippen LogP contribution in [0, 0.1) is 0 Å². The SMILES string of the molecule is CCOc1ccccc1C(=O)NNC(=O)CCC(=O)Nc1ccccc1Cl. The lowest BCUT2D eigenvalue weighted by atomic mass is 10.2. The van der Waals surface area contributed by atoms with Gasteiger partial charge in [0.25, 0.3) is 5.91 Å². The topological polar surface area (TPSA) is 96.5 Å². The van der Waals surface area contributed by atoms with Crippen molar-refractivity contribution in [1.29, 1.82) is 0 Å². The van der Waals surface area contributed by atoms with Crippen LogP contribution in [0.5, 0.6) is 5.75 Å². The Bertz CT molecular complexity index is 826. The number of hydrogen-bond donors (Lipinski definition) is 3. The molecule has 0 unspecified atom stereocenters. The molecule has 0 radical (unpaired) electrons. The average Bonchev–Trinajstić information content (AvgIpc) is 2.67. The highest BCUT2D eigenvalue weighted by molar-refractivity contribution is 6.33. The minimum Gasteiger partial charge on any atom is -0.493 e. The molecule has 0 spiro atoms. The summed E-state index contributed by atoms with van der Waals surface area (Å²) in [6.07, 6.45) is -0.147. The normalized spacial score (nSPS) is 10.0. The molecular formula is C19H20ClN3O4. The van der Waals surface area contributed by atoms with Gasteiger partial charge in [0.2, 0.25) is 11.8 Å². The summed E-state index contributed by atoms with van der Waals surface area (Å²) in [4.78, 5) is 35.9. The monoisotopic (exact) mass is 389 g/mol. The van der Waals surface area contributed by atoms with Crippen molar-refractivity contribution in [2.24, 2.45) is 0 Å². The molecule has 8 heteroatoms. The van der Waals surface area contributed by atoms with Crippen molar-refractivity contribution in [3.8, 4) is 5.75 Å². The number of amides is 3. The highest BCUT2D eigenvalue weighted by atomic mass is 35.5. The molecule has 0 aliphatic heterocycles. The third-order valence-electron chi connectivity index (χ3n) is 3.47. The van der Waals surface area contributed by atoms with Crippen LogP contribution in [0.3, 0.4) is 0 Å². The van der Waals surface area contributed by atoms with Crippen LogP contribution in [0.15, 0.2) is 48.5 Å². The molecule has 0 saturated carbocycles. The standard InChI is InChI=1S/C19H20ClN3O4/c1-2-27-16-10-6-3-7-13(16)19(26)23-22-18(25)12-11-17(24)21-15-9-5-4-8-14(15)20/h3-10H,2,11-12H2,1H3,(H,21,24)(H,22,25)(H,23,26). The van der Waals surface area contributed by atoms with Gasteiger partial charge in [-0.15, -0.1) is 0 Å². The Morgan fingerprint density at radius 3 is 2.33 bits per heavy atom. The highest BCUT2D eigenvalue weighted by Crippen LogP contribution is 2.20. The molecule has 3 amide bonds. The molecule has 142 valence electrons. The second-order valence-electron chi connectivity index (χ2n) is 5.46.